The fraction of sp³-hybridized carbons (Fsp3) is 0.632. The number of carboxylic acid groups (broad SMARTS) is 1. The smallest absolute Gasteiger partial charge is 0.486 e. The summed E-state index contributed by atoms with van der Waals surface area (Å²) in [6.45, 7) is 5.37. The van der Waals surface area contributed by atoms with Gasteiger partial charge < -0.3 is 24.6 Å². The molecule has 1 saturated heterocycles. The van der Waals surface area contributed by atoms with Crippen molar-refractivity contribution in [1.29, 1.82) is 0 Å². The maximum atomic E-state index is 13.1. The van der Waals surface area contributed by atoms with Crippen molar-refractivity contribution in [2.45, 2.75) is 63.5 Å². The number of hydrogen-bond donors (Lipinski definition) is 2. The SMILES string of the molecule is [2H]C1C(O)c2c(ccc(C(C)(C)C)c2OC(F)(F)F)OC12CCN(C(=O)O)CC2. The van der Waals surface area contributed by atoms with Gasteiger partial charge in [-0.05, 0) is 11.5 Å². The third kappa shape index (κ3) is 3.99. The van der Waals surface area contributed by atoms with Crippen LogP contribution < -0.4 is 9.47 Å². The quantitative estimate of drug-likeness (QED) is 0.733. The summed E-state index contributed by atoms with van der Waals surface area (Å²) in [5.41, 5.74) is -1.85. The van der Waals surface area contributed by atoms with Gasteiger partial charge in [-0.15, -0.1) is 13.2 Å². The molecule has 3 rings (SSSR count). The molecule has 2 N–H and O–H groups in total. The number of alkyl halides is 3. The Labute approximate surface area is 162 Å². The van der Waals surface area contributed by atoms with Crippen LogP contribution in [0, 0.1) is 0 Å². The first-order valence-electron chi connectivity index (χ1n) is 9.53. The maximum Gasteiger partial charge on any atom is 0.573 e. The highest BCUT2D eigenvalue weighted by atomic mass is 19.4. The molecule has 9 heteroatoms. The minimum absolute atomic E-state index is 0.0250. The molecular weight excluding hydrogens is 379 g/mol. The highest BCUT2D eigenvalue weighted by Crippen LogP contribution is 2.51. The number of rotatable bonds is 1. The lowest BCUT2D eigenvalue weighted by atomic mass is 9.79. The standard InChI is InChI=1S/C19H24F3NO5/c1-17(2,3)11-4-5-13-14(15(11)28-19(20,21)22)12(24)10-18(27-13)6-8-23(9-7-18)16(25)26/h4-5,12,24H,6-10H2,1-3H3,(H,25,26)/i10D. The molecular formula is C19H24F3NO5. The zero-order valence-electron chi connectivity index (χ0n) is 16.8. The minimum Gasteiger partial charge on any atom is -0.486 e. The van der Waals surface area contributed by atoms with Crippen LogP contribution in [0.25, 0.3) is 0 Å². The van der Waals surface area contributed by atoms with E-state index < -0.39 is 41.7 Å². The van der Waals surface area contributed by atoms with Gasteiger partial charge in [0.05, 0.1) is 11.7 Å². The van der Waals surface area contributed by atoms with Crippen molar-refractivity contribution >= 4 is 6.09 Å². The third-order valence-electron chi connectivity index (χ3n) is 5.13. The van der Waals surface area contributed by atoms with E-state index in [0.29, 0.717) is 0 Å². The molecule has 1 spiro atoms. The van der Waals surface area contributed by atoms with Gasteiger partial charge in [0.1, 0.15) is 17.1 Å². The first-order chi connectivity index (χ1) is 13.3. The summed E-state index contributed by atoms with van der Waals surface area (Å²) in [4.78, 5) is 12.3. The molecule has 0 bridgehead atoms. The van der Waals surface area contributed by atoms with Crippen LogP contribution in [0.3, 0.4) is 0 Å². The lowest BCUT2D eigenvalue weighted by molar-refractivity contribution is -0.275. The van der Waals surface area contributed by atoms with Gasteiger partial charge in [0.25, 0.3) is 0 Å². The normalized spacial score (nSPS) is 25.0. The van der Waals surface area contributed by atoms with Crippen molar-refractivity contribution in [2.75, 3.05) is 13.1 Å². The fourth-order valence-electron chi connectivity index (χ4n) is 3.74. The minimum atomic E-state index is -4.98. The van der Waals surface area contributed by atoms with Gasteiger partial charge in [0.15, 0.2) is 0 Å². The molecule has 1 aromatic rings. The van der Waals surface area contributed by atoms with Gasteiger partial charge in [-0.2, -0.15) is 0 Å². The van der Waals surface area contributed by atoms with Gasteiger partial charge in [-0.1, -0.05) is 26.8 Å². The number of hydrogen-bond acceptors (Lipinski definition) is 4. The number of fused-ring (bicyclic) bond motifs is 1. The average Bonchev–Trinajstić information content (AvgIpc) is 2.57. The van der Waals surface area contributed by atoms with E-state index in [4.69, 9.17) is 11.2 Å². The molecule has 2 heterocycles. The van der Waals surface area contributed by atoms with E-state index in [-0.39, 0.29) is 42.8 Å². The summed E-state index contributed by atoms with van der Waals surface area (Å²) in [5.74, 6) is -0.512. The second kappa shape index (κ2) is 6.72. The second-order valence-corrected chi connectivity index (χ2v) is 8.20. The van der Waals surface area contributed by atoms with Crippen molar-refractivity contribution in [3.63, 3.8) is 0 Å². The molecule has 0 saturated carbocycles. The number of benzene rings is 1. The molecule has 0 aliphatic carbocycles. The Hall–Kier alpha value is -2.16. The van der Waals surface area contributed by atoms with Crippen LogP contribution in [0.1, 0.15) is 58.6 Å². The van der Waals surface area contributed by atoms with Gasteiger partial charge in [0, 0.05) is 39.3 Å². The van der Waals surface area contributed by atoms with E-state index in [1.165, 1.54) is 17.0 Å². The van der Waals surface area contributed by atoms with Gasteiger partial charge in [-0.25, -0.2) is 4.79 Å². The molecule has 156 valence electrons. The van der Waals surface area contributed by atoms with Gasteiger partial charge in [0.2, 0.25) is 0 Å². The van der Waals surface area contributed by atoms with E-state index in [9.17, 15) is 23.1 Å². The number of aliphatic hydroxyl groups excluding tert-OH is 1. The van der Waals surface area contributed by atoms with Crippen LogP contribution in [-0.2, 0) is 5.41 Å². The molecule has 2 aliphatic rings. The zero-order valence-corrected chi connectivity index (χ0v) is 15.8. The summed E-state index contributed by atoms with van der Waals surface area (Å²) in [6.07, 6.45) is -8.63. The lowest BCUT2D eigenvalue weighted by Gasteiger charge is -2.46. The first kappa shape index (κ1) is 19.2. The molecule has 1 fully saturated rings. The number of amides is 1. The van der Waals surface area contributed by atoms with E-state index in [2.05, 4.69) is 4.74 Å². The molecule has 0 radical (unpaired) electrons. The number of halogens is 3. The summed E-state index contributed by atoms with van der Waals surface area (Å²) in [5, 5.41) is 20.0. The summed E-state index contributed by atoms with van der Waals surface area (Å²) < 4.78 is 58.1. The van der Waals surface area contributed by atoms with E-state index in [1.54, 1.807) is 20.8 Å². The summed E-state index contributed by atoms with van der Waals surface area (Å²) >= 11 is 0. The largest absolute Gasteiger partial charge is 0.573 e. The van der Waals surface area contributed by atoms with Crippen molar-refractivity contribution in [2.24, 2.45) is 0 Å². The molecule has 0 aromatic heterocycles. The Kier molecular flexibility index (Phi) is 4.60. The van der Waals surface area contributed by atoms with Crippen LogP contribution in [0.5, 0.6) is 11.5 Å². The number of ether oxygens (including phenoxy) is 2. The maximum absolute atomic E-state index is 13.1. The van der Waals surface area contributed by atoms with Crippen molar-refractivity contribution in [3.05, 3.63) is 23.3 Å². The van der Waals surface area contributed by atoms with Crippen LogP contribution in [0.2, 0.25) is 0 Å². The monoisotopic (exact) mass is 404 g/mol. The molecule has 1 aromatic carbocycles. The predicted octanol–water partition coefficient (Wildman–Crippen LogP) is 4.21. The Morgan fingerprint density at radius 1 is 1.32 bits per heavy atom. The summed E-state index contributed by atoms with van der Waals surface area (Å²) in [7, 11) is 0. The highest BCUT2D eigenvalue weighted by molar-refractivity contribution is 5.65. The number of piperidine rings is 1. The lowest BCUT2D eigenvalue weighted by Crippen LogP contribution is -2.51. The van der Waals surface area contributed by atoms with Crippen LogP contribution in [0.15, 0.2) is 12.1 Å². The molecule has 2 unspecified atom stereocenters. The molecule has 28 heavy (non-hydrogen) atoms. The fourth-order valence-corrected chi connectivity index (χ4v) is 3.74. The zero-order chi connectivity index (χ0) is 21.8. The summed E-state index contributed by atoms with van der Waals surface area (Å²) in [6, 6.07) is 2.95. The number of carbonyl (C=O) groups is 1. The first-order valence-corrected chi connectivity index (χ1v) is 8.95. The van der Waals surface area contributed by atoms with Crippen LogP contribution >= 0.6 is 0 Å². The second-order valence-electron chi connectivity index (χ2n) is 8.20. The molecule has 1 amide bonds. The Bertz CT molecular complexity index is 800. The van der Waals surface area contributed by atoms with E-state index in [0.717, 1.165) is 0 Å². The topological polar surface area (TPSA) is 79.2 Å². The Morgan fingerprint density at radius 3 is 2.43 bits per heavy atom. The van der Waals surface area contributed by atoms with Gasteiger partial charge >= 0.3 is 12.5 Å². The highest BCUT2D eigenvalue weighted by Gasteiger charge is 2.46. The van der Waals surface area contributed by atoms with E-state index >= 15 is 0 Å². The van der Waals surface area contributed by atoms with Crippen LogP contribution in [-0.4, -0.2) is 46.3 Å². The Morgan fingerprint density at radius 2 is 1.93 bits per heavy atom. The average molecular weight is 404 g/mol. The van der Waals surface area contributed by atoms with Crippen molar-refractivity contribution in [1.82, 2.24) is 4.90 Å². The number of aliphatic hydroxyl groups is 1. The predicted molar refractivity (Wildman–Crippen MR) is 93.6 cm³/mol. The number of nitrogens with zero attached hydrogens (tertiary/aromatic N) is 1. The van der Waals surface area contributed by atoms with Crippen LogP contribution in [0.4, 0.5) is 18.0 Å². The molecule has 2 atom stereocenters. The van der Waals surface area contributed by atoms with Gasteiger partial charge in [-0.3, -0.25) is 0 Å². The number of likely N-dealkylation sites (tertiary alicyclic amines) is 1. The Balaban J connectivity index is 2.06. The van der Waals surface area contributed by atoms with Crippen molar-refractivity contribution in [3.8, 4) is 11.5 Å². The third-order valence-corrected chi connectivity index (χ3v) is 5.13. The van der Waals surface area contributed by atoms with E-state index in [1.807, 2.05) is 0 Å². The molecule has 6 nitrogen and oxygen atoms in total. The van der Waals surface area contributed by atoms with Crippen molar-refractivity contribution < 1.29 is 39.0 Å². The molecule has 2 aliphatic heterocycles.